The molecule has 0 radical (unpaired) electrons. The fourth-order valence-electron chi connectivity index (χ4n) is 4.23. The molecule has 3 aliphatic rings. The zero-order valence-corrected chi connectivity index (χ0v) is 9.49. The van der Waals surface area contributed by atoms with Crippen molar-refractivity contribution >= 4 is 0 Å². The molecule has 2 nitrogen and oxygen atoms in total. The zero-order chi connectivity index (χ0) is 10.7. The zero-order valence-electron chi connectivity index (χ0n) is 9.49. The van der Waals surface area contributed by atoms with Gasteiger partial charge in [0, 0.05) is 25.2 Å². The maximum atomic E-state index is 10.4. The molecule has 0 unspecified atom stereocenters. The Morgan fingerprint density at radius 1 is 1.47 bits per heavy atom. The van der Waals surface area contributed by atoms with Crippen LogP contribution in [0.25, 0.3) is 0 Å². The molecule has 1 spiro atoms. The summed E-state index contributed by atoms with van der Waals surface area (Å²) in [4.78, 5) is 0. The largest absolute Gasteiger partial charge is 0.390 e. The number of allylic oxidation sites excluding steroid dienone is 1. The minimum Gasteiger partial charge on any atom is -0.390 e. The van der Waals surface area contributed by atoms with Crippen molar-refractivity contribution in [2.24, 2.45) is 17.3 Å². The number of hydrogen-bond acceptors (Lipinski definition) is 2. The van der Waals surface area contributed by atoms with E-state index in [-0.39, 0.29) is 5.41 Å². The lowest BCUT2D eigenvalue weighted by molar-refractivity contribution is -0.00860. The van der Waals surface area contributed by atoms with Gasteiger partial charge in [-0.1, -0.05) is 6.08 Å². The summed E-state index contributed by atoms with van der Waals surface area (Å²) in [6, 6.07) is 0. The van der Waals surface area contributed by atoms with Gasteiger partial charge in [-0.15, -0.1) is 0 Å². The van der Waals surface area contributed by atoms with Gasteiger partial charge in [0.1, 0.15) is 0 Å². The Hall–Kier alpha value is -0.470. The molecular weight excluding hydrogens is 188 g/mol. The van der Waals surface area contributed by atoms with Gasteiger partial charge in [0.05, 0.1) is 12.7 Å². The second kappa shape index (κ2) is 2.80. The van der Waals surface area contributed by atoms with Crippen LogP contribution < -0.4 is 0 Å². The van der Waals surface area contributed by atoms with E-state index in [1.807, 2.05) is 6.92 Å². The Bertz CT molecular complexity index is 308. The van der Waals surface area contributed by atoms with E-state index in [0.29, 0.717) is 11.8 Å². The molecule has 2 saturated carbocycles. The van der Waals surface area contributed by atoms with Gasteiger partial charge < -0.3 is 5.11 Å². The fourth-order valence-corrected chi connectivity index (χ4v) is 4.23. The highest BCUT2D eigenvalue weighted by molar-refractivity contribution is 5.29. The maximum Gasteiger partial charge on any atom is 0.254 e. The Morgan fingerprint density at radius 3 is 3.00 bits per heavy atom. The number of methoxy groups -OCH3 is 1. The lowest BCUT2D eigenvalue weighted by Gasteiger charge is -2.29. The minimum absolute atomic E-state index is 0.164. The van der Waals surface area contributed by atoms with E-state index < -0.39 is 5.60 Å². The molecule has 0 aliphatic heterocycles. The first-order valence-electron chi connectivity index (χ1n) is 5.90. The number of hydrogen-bond donors (Lipinski definition) is 1. The van der Waals surface area contributed by atoms with Crippen LogP contribution in [-0.2, 0) is 4.74 Å². The second-order valence-electron chi connectivity index (χ2n) is 5.61. The van der Waals surface area contributed by atoms with Crippen LogP contribution in [0.4, 0.5) is 0 Å². The third-order valence-corrected chi connectivity index (χ3v) is 4.88. The van der Waals surface area contributed by atoms with E-state index in [1.54, 1.807) is 7.11 Å². The molecule has 0 saturated heterocycles. The number of aliphatic hydroxyl groups is 1. The van der Waals surface area contributed by atoms with Gasteiger partial charge in [-0.2, -0.15) is 4.74 Å². The Morgan fingerprint density at radius 2 is 2.27 bits per heavy atom. The van der Waals surface area contributed by atoms with Gasteiger partial charge in [-0.25, -0.2) is 0 Å². The predicted octanol–water partition coefficient (Wildman–Crippen LogP) is 2.29. The Kier molecular flexibility index (Phi) is 1.82. The summed E-state index contributed by atoms with van der Waals surface area (Å²) in [5.41, 5.74) is -0.317. The fraction of sp³-hybridized carbons (Fsp3) is 0.769. The van der Waals surface area contributed by atoms with Gasteiger partial charge in [0.2, 0.25) is 0 Å². The summed E-state index contributed by atoms with van der Waals surface area (Å²) in [5, 5.41) is 10.4. The van der Waals surface area contributed by atoms with Crippen LogP contribution in [0.15, 0.2) is 12.2 Å². The smallest absolute Gasteiger partial charge is 0.254 e. The summed E-state index contributed by atoms with van der Waals surface area (Å²) >= 11 is 0. The standard InChI is InChI=1S/C13H19O2/c1-12(14)6-7-13-5-3-4-9(8-10(12)13)11(13)15-2/h3-4,9-10,14H,5-8H2,1-2H3/q+1/t9-,10+,12+,13-/m0/s1. The van der Waals surface area contributed by atoms with E-state index in [9.17, 15) is 5.11 Å². The van der Waals surface area contributed by atoms with Crippen molar-refractivity contribution in [3.05, 3.63) is 18.3 Å². The van der Waals surface area contributed by atoms with Crippen molar-refractivity contribution in [3.8, 4) is 0 Å². The van der Waals surface area contributed by atoms with E-state index in [2.05, 4.69) is 12.2 Å². The average Bonchev–Trinajstić information content (AvgIpc) is 2.53. The molecule has 0 aromatic carbocycles. The molecule has 0 heterocycles. The van der Waals surface area contributed by atoms with Crippen molar-refractivity contribution in [2.75, 3.05) is 7.11 Å². The lowest BCUT2D eigenvalue weighted by atomic mass is 9.71. The SMILES string of the molecule is CO[C+]1[C@H]2C=CC[C@@]13CC[C@@](C)(O)[C@H]3C2. The number of fused-ring (bicyclic) bond motifs is 1. The van der Waals surface area contributed by atoms with Crippen LogP contribution in [0, 0.1) is 23.4 Å². The second-order valence-corrected chi connectivity index (χ2v) is 5.61. The first-order chi connectivity index (χ1) is 7.10. The third-order valence-electron chi connectivity index (χ3n) is 4.88. The van der Waals surface area contributed by atoms with Crippen molar-refractivity contribution < 1.29 is 9.84 Å². The van der Waals surface area contributed by atoms with Gasteiger partial charge in [-0.05, 0) is 19.4 Å². The normalized spacial score (nSPS) is 52.3. The molecule has 2 heteroatoms. The molecule has 4 atom stereocenters. The van der Waals surface area contributed by atoms with Gasteiger partial charge in [0.15, 0.2) is 11.3 Å². The number of ether oxygens (including phenoxy) is 1. The van der Waals surface area contributed by atoms with Crippen LogP contribution in [0.1, 0.15) is 32.6 Å². The number of rotatable bonds is 1. The maximum absolute atomic E-state index is 10.4. The molecule has 0 amide bonds. The quantitative estimate of drug-likeness (QED) is 0.528. The summed E-state index contributed by atoms with van der Waals surface area (Å²) in [5.74, 6) is 0.862. The molecule has 1 N–H and O–H groups in total. The van der Waals surface area contributed by atoms with Crippen molar-refractivity contribution in [1.82, 2.24) is 0 Å². The topological polar surface area (TPSA) is 29.5 Å². The van der Waals surface area contributed by atoms with E-state index in [4.69, 9.17) is 4.74 Å². The highest BCUT2D eigenvalue weighted by atomic mass is 16.5. The van der Waals surface area contributed by atoms with Gasteiger partial charge in [-0.3, -0.25) is 0 Å². The molecule has 0 aromatic heterocycles. The summed E-state index contributed by atoms with van der Waals surface area (Å²) < 4.78 is 5.63. The highest BCUT2D eigenvalue weighted by Crippen LogP contribution is 2.67. The Labute approximate surface area is 91.3 Å². The monoisotopic (exact) mass is 207 g/mol. The van der Waals surface area contributed by atoms with Crippen molar-refractivity contribution in [1.29, 1.82) is 0 Å². The lowest BCUT2D eigenvalue weighted by Crippen LogP contribution is -2.36. The molecular formula is C13H19O2+. The van der Waals surface area contributed by atoms with E-state index in [1.165, 1.54) is 6.10 Å². The third kappa shape index (κ3) is 1.04. The first-order valence-corrected chi connectivity index (χ1v) is 5.90. The van der Waals surface area contributed by atoms with Crippen molar-refractivity contribution in [3.63, 3.8) is 0 Å². The molecule has 15 heavy (non-hydrogen) atoms. The molecule has 3 rings (SSSR count). The van der Waals surface area contributed by atoms with Crippen LogP contribution in [0.2, 0.25) is 0 Å². The van der Waals surface area contributed by atoms with Crippen LogP contribution >= 0.6 is 0 Å². The molecule has 82 valence electrons. The predicted molar refractivity (Wildman–Crippen MR) is 57.9 cm³/mol. The Balaban J connectivity index is 2.03. The molecule has 3 aliphatic carbocycles. The minimum atomic E-state index is -0.482. The summed E-state index contributed by atoms with van der Waals surface area (Å²) in [6.45, 7) is 2.00. The van der Waals surface area contributed by atoms with Gasteiger partial charge >= 0.3 is 0 Å². The summed E-state index contributed by atoms with van der Waals surface area (Å²) in [7, 11) is 1.79. The van der Waals surface area contributed by atoms with Crippen LogP contribution in [0.3, 0.4) is 0 Å². The average molecular weight is 207 g/mol. The molecule has 0 aromatic rings. The van der Waals surface area contributed by atoms with Gasteiger partial charge in [0.25, 0.3) is 6.10 Å². The van der Waals surface area contributed by atoms with E-state index >= 15 is 0 Å². The van der Waals surface area contributed by atoms with Crippen LogP contribution in [0.5, 0.6) is 0 Å². The molecule has 2 bridgehead atoms. The first kappa shape index (κ1) is 9.73. The van der Waals surface area contributed by atoms with Crippen molar-refractivity contribution in [2.45, 2.75) is 38.2 Å². The summed E-state index contributed by atoms with van der Waals surface area (Å²) in [6.07, 6.45) is 9.94. The van der Waals surface area contributed by atoms with Crippen LogP contribution in [-0.4, -0.2) is 17.8 Å². The molecule has 2 fully saturated rings. The highest BCUT2D eigenvalue weighted by Gasteiger charge is 2.73. The van der Waals surface area contributed by atoms with E-state index in [0.717, 1.165) is 25.7 Å².